The number of allylic oxidation sites excluding steroid dienone is 1. The summed E-state index contributed by atoms with van der Waals surface area (Å²) in [7, 11) is 0. The minimum Gasteiger partial charge on any atom is -0.389 e. The Morgan fingerprint density at radius 2 is 2.06 bits per heavy atom. The van der Waals surface area contributed by atoms with Crippen LogP contribution in [0.15, 0.2) is 11.6 Å². The van der Waals surface area contributed by atoms with E-state index in [4.69, 9.17) is 0 Å². The molecule has 0 aromatic heterocycles. The van der Waals surface area contributed by atoms with E-state index in [1.54, 1.807) is 0 Å². The van der Waals surface area contributed by atoms with Gasteiger partial charge in [-0.05, 0) is 43.6 Å². The fourth-order valence-corrected chi connectivity index (χ4v) is 3.92. The molecule has 1 fully saturated rings. The molecule has 2 nitrogen and oxygen atoms in total. The molecule has 0 aliphatic heterocycles. The highest BCUT2D eigenvalue weighted by Gasteiger charge is 2.58. The van der Waals surface area contributed by atoms with Crippen LogP contribution in [-0.2, 0) is 0 Å². The summed E-state index contributed by atoms with van der Waals surface area (Å²) in [6, 6.07) is 0. The first-order valence-electron chi connectivity index (χ1n) is 6.87. The summed E-state index contributed by atoms with van der Waals surface area (Å²) < 4.78 is 0. The third-order valence-corrected chi connectivity index (χ3v) is 5.38. The van der Waals surface area contributed by atoms with Crippen LogP contribution in [0.5, 0.6) is 0 Å². The molecule has 1 saturated carbocycles. The Morgan fingerprint density at radius 1 is 1.41 bits per heavy atom. The van der Waals surface area contributed by atoms with Crippen LogP contribution in [0.4, 0.5) is 0 Å². The average Bonchev–Trinajstić information content (AvgIpc) is 2.44. The van der Waals surface area contributed by atoms with Crippen molar-refractivity contribution in [3.8, 4) is 0 Å². The van der Waals surface area contributed by atoms with E-state index in [0.29, 0.717) is 18.3 Å². The number of rotatable bonds is 1. The molecule has 0 spiro atoms. The molecule has 0 aromatic carbocycles. The van der Waals surface area contributed by atoms with Crippen LogP contribution in [0.25, 0.3) is 0 Å². The molecule has 2 aliphatic rings. The van der Waals surface area contributed by atoms with Crippen molar-refractivity contribution in [2.75, 3.05) is 0 Å². The molecular weight excluding hydrogens is 212 g/mol. The highest BCUT2D eigenvalue weighted by molar-refractivity contribution is 5.19. The smallest absolute Gasteiger partial charge is 0.0775 e. The van der Waals surface area contributed by atoms with E-state index >= 15 is 0 Å². The Balaban J connectivity index is 2.37. The van der Waals surface area contributed by atoms with Gasteiger partial charge in [0.15, 0.2) is 0 Å². The fourth-order valence-electron chi connectivity index (χ4n) is 3.92. The van der Waals surface area contributed by atoms with E-state index in [-0.39, 0.29) is 5.41 Å². The summed E-state index contributed by atoms with van der Waals surface area (Å²) in [5, 5.41) is 21.3. The maximum Gasteiger partial charge on any atom is 0.0775 e. The van der Waals surface area contributed by atoms with Gasteiger partial charge in [0.25, 0.3) is 0 Å². The van der Waals surface area contributed by atoms with Gasteiger partial charge >= 0.3 is 0 Å². The Kier molecular flexibility index (Phi) is 3.16. The second kappa shape index (κ2) is 4.10. The highest BCUT2D eigenvalue weighted by atomic mass is 16.3. The van der Waals surface area contributed by atoms with Crippen LogP contribution >= 0.6 is 0 Å². The molecule has 0 radical (unpaired) electrons. The summed E-state index contributed by atoms with van der Waals surface area (Å²) in [6.45, 7) is 8.54. The first-order chi connectivity index (χ1) is 7.80. The molecule has 98 valence electrons. The lowest BCUT2D eigenvalue weighted by molar-refractivity contribution is -0.112. The average molecular weight is 238 g/mol. The van der Waals surface area contributed by atoms with Gasteiger partial charge in [0, 0.05) is 11.8 Å². The van der Waals surface area contributed by atoms with Gasteiger partial charge in [0.2, 0.25) is 0 Å². The molecule has 2 N–H and O–H groups in total. The maximum absolute atomic E-state index is 11.2. The van der Waals surface area contributed by atoms with Crippen molar-refractivity contribution in [1.82, 2.24) is 0 Å². The van der Waals surface area contributed by atoms with E-state index < -0.39 is 11.7 Å². The second-order valence-corrected chi connectivity index (χ2v) is 6.75. The first-order valence-corrected chi connectivity index (χ1v) is 6.87. The fraction of sp³-hybridized carbons (Fsp3) is 0.867. The summed E-state index contributed by atoms with van der Waals surface area (Å²) in [6.07, 6.45) is 5.23. The van der Waals surface area contributed by atoms with Gasteiger partial charge in [0.05, 0.1) is 11.7 Å². The van der Waals surface area contributed by atoms with Crippen LogP contribution in [0.3, 0.4) is 0 Å². The SMILES string of the molecule is CC1=CC[C@@]2(C)CC[C@H](C(C)C)[C@@]2(O)C[C@H]1O. The molecule has 2 aliphatic carbocycles. The number of hydrogen-bond donors (Lipinski definition) is 2. The van der Waals surface area contributed by atoms with E-state index in [0.717, 1.165) is 24.8 Å². The number of aliphatic hydroxyl groups is 2. The van der Waals surface area contributed by atoms with Gasteiger partial charge in [0.1, 0.15) is 0 Å². The zero-order valence-electron chi connectivity index (χ0n) is 11.5. The Morgan fingerprint density at radius 3 is 2.65 bits per heavy atom. The number of fused-ring (bicyclic) bond motifs is 1. The van der Waals surface area contributed by atoms with Crippen LogP contribution in [0.2, 0.25) is 0 Å². The zero-order valence-corrected chi connectivity index (χ0v) is 11.5. The van der Waals surface area contributed by atoms with E-state index in [1.807, 2.05) is 6.92 Å². The first kappa shape index (κ1) is 13.1. The molecular formula is C15H26O2. The van der Waals surface area contributed by atoms with Crippen molar-refractivity contribution in [3.63, 3.8) is 0 Å². The summed E-state index contributed by atoms with van der Waals surface area (Å²) >= 11 is 0. The minimum absolute atomic E-state index is 0.0549. The predicted octanol–water partition coefficient (Wildman–Crippen LogP) is 2.89. The predicted molar refractivity (Wildman–Crippen MR) is 69.6 cm³/mol. The lowest BCUT2D eigenvalue weighted by Crippen LogP contribution is -2.49. The van der Waals surface area contributed by atoms with Gasteiger partial charge in [-0.15, -0.1) is 0 Å². The molecule has 0 heterocycles. The van der Waals surface area contributed by atoms with E-state index in [2.05, 4.69) is 26.8 Å². The van der Waals surface area contributed by atoms with Gasteiger partial charge in [-0.25, -0.2) is 0 Å². The van der Waals surface area contributed by atoms with E-state index in [1.165, 1.54) is 0 Å². The summed E-state index contributed by atoms with van der Waals surface area (Å²) in [5.74, 6) is 0.800. The van der Waals surface area contributed by atoms with Crippen molar-refractivity contribution >= 4 is 0 Å². The van der Waals surface area contributed by atoms with Crippen LogP contribution in [-0.4, -0.2) is 21.9 Å². The molecule has 2 heteroatoms. The van der Waals surface area contributed by atoms with E-state index in [9.17, 15) is 10.2 Å². The molecule has 2 rings (SSSR count). The maximum atomic E-state index is 11.2. The minimum atomic E-state index is -0.700. The molecule has 0 amide bonds. The van der Waals surface area contributed by atoms with Gasteiger partial charge in [-0.1, -0.05) is 26.8 Å². The molecule has 0 saturated heterocycles. The molecule has 17 heavy (non-hydrogen) atoms. The standard InChI is InChI=1S/C15H26O2/c1-10(2)12-6-8-14(4)7-5-11(3)13(16)9-15(12,14)17/h5,10,12-13,16-17H,6-9H2,1-4H3/t12-,13-,14+,15+/m1/s1. The normalized spacial score (nSPS) is 46.6. The molecule has 0 bridgehead atoms. The van der Waals surface area contributed by atoms with Crippen molar-refractivity contribution in [3.05, 3.63) is 11.6 Å². The monoisotopic (exact) mass is 238 g/mol. The third-order valence-electron chi connectivity index (χ3n) is 5.38. The largest absolute Gasteiger partial charge is 0.389 e. The molecule has 4 atom stereocenters. The lowest BCUT2D eigenvalue weighted by Gasteiger charge is -2.44. The highest BCUT2D eigenvalue weighted by Crippen LogP contribution is 2.57. The van der Waals surface area contributed by atoms with Crippen LogP contribution in [0.1, 0.15) is 53.4 Å². The number of aliphatic hydroxyl groups excluding tert-OH is 1. The zero-order chi connectivity index (χ0) is 12.8. The molecule has 0 unspecified atom stereocenters. The Labute approximate surface area is 105 Å². The Hall–Kier alpha value is -0.340. The van der Waals surface area contributed by atoms with Crippen molar-refractivity contribution in [2.45, 2.75) is 65.1 Å². The van der Waals surface area contributed by atoms with Crippen molar-refractivity contribution in [2.24, 2.45) is 17.3 Å². The number of hydrogen-bond acceptors (Lipinski definition) is 2. The van der Waals surface area contributed by atoms with Gasteiger partial charge in [-0.3, -0.25) is 0 Å². The van der Waals surface area contributed by atoms with Crippen LogP contribution < -0.4 is 0 Å². The summed E-state index contributed by atoms with van der Waals surface area (Å²) in [5.41, 5.74) is 0.270. The van der Waals surface area contributed by atoms with Crippen LogP contribution in [0, 0.1) is 17.3 Å². The Bertz CT molecular complexity index is 334. The van der Waals surface area contributed by atoms with Crippen molar-refractivity contribution < 1.29 is 10.2 Å². The third kappa shape index (κ3) is 1.86. The van der Waals surface area contributed by atoms with Crippen molar-refractivity contribution in [1.29, 1.82) is 0 Å². The topological polar surface area (TPSA) is 40.5 Å². The quantitative estimate of drug-likeness (QED) is 0.690. The van der Waals surface area contributed by atoms with Gasteiger partial charge < -0.3 is 10.2 Å². The lowest BCUT2D eigenvalue weighted by atomic mass is 9.67. The summed E-state index contributed by atoms with van der Waals surface area (Å²) in [4.78, 5) is 0. The van der Waals surface area contributed by atoms with Gasteiger partial charge in [-0.2, -0.15) is 0 Å². The second-order valence-electron chi connectivity index (χ2n) is 6.75. The molecule has 0 aromatic rings.